The summed E-state index contributed by atoms with van der Waals surface area (Å²) in [7, 11) is 4.38. The predicted octanol–water partition coefficient (Wildman–Crippen LogP) is 3.37. The first kappa shape index (κ1) is 30.7. The Balaban J connectivity index is 1.34. The SMILES string of the molecule is COc1nc(-c2cccc(-c3cccc(NC(=O)c4cn(C)c(=O)n(C)c4=O)c3C)c2Cl)cc2c1C(NC1CCOC1)C(O)C2. The topological polar surface area (TPSA) is 137 Å². The lowest BCUT2D eigenvalue weighted by atomic mass is 9.96. The molecule has 1 amide bonds. The summed E-state index contributed by atoms with van der Waals surface area (Å²) in [6, 6.07) is 12.9. The molecule has 0 spiro atoms. The van der Waals surface area contributed by atoms with Crippen LogP contribution in [0.25, 0.3) is 22.4 Å². The summed E-state index contributed by atoms with van der Waals surface area (Å²) >= 11 is 7.07. The van der Waals surface area contributed by atoms with Gasteiger partial charge in [0, 0.05) is 61.7 Å². The van der Waals surface area contributed by atoms with Crippen LogP contribution in [0.1, 0.15) is 39.5 Å². The molecule has 3 atom stereocenters. The second-order valence-electron chi connectivity index (χ2n) is 11.5. The summed E-state index contributed by atoms with van der Waals surface area (Å²) in [6.45, 7) is 3.15. The number of hydrogen-bond acceptors (Lipinski definition) is 8. The third-order valence-electron chi connectivity index (χ3n) is 8.61. The largest absolute Gasteiger partial charge is 0.481 e. The molecule has 3 N–H and O–H groups in total. The lowest BCUT2D eigenvalue weighted by Crippen LogP contribution is -2.40. The van der Waals surface area contributed by atoms with Gasteiger partial charge in [-0.15, -0.1) is 0 Å². The Bertz CT molecular complexity index is 1930. The molecule has 6 rings (SSSR count). The van der Waals surface area contributed by atoms with Crippen molar-refractivity contribution < 1.29 is 19.4 Å². The smallest absolute Gasteiger partial charge is 0.330 e. The van der Waals surface area contributed by atoms with Gasteiger partial charge in [0.15, 0.2) is 0 Å². The van der Waals surface area contributed by atoms with Crippen LogP contribution < -0.4 is 26.6 Å². The number of aromatic nitrogens is 3. The van der Waals surface area contributed by atoms with E-state index in [-0.39, 0.29) is 17.6 Å². The molecule has 11 nitrogen and oxygen atoms in total. The summed E-state index contributed by atoms with van der Waals surface area (Å²) in [5.74, 6) is -0.196. The van der Waals surface area contributed by atoms with Crippen molar-refractivity contribution in [3.05, 3.63) is 96.8 Å². The molecule has 1 aliphatic carbocycles. The number of pyridine rings is 1. The Morgan fingerprint density at radius 1 is 1.13 bits per heavy atom. The number of nitrogens with zero attached hydrogens (tertiary/aromatic N) is 3. The summed E-state index contributed by atoms with van der Waals surface area (Å²) in [5, 5.41) is 17.8. The number of carbonyl (C=O) groups excluding carboxylic acids is 1. The maximum absolute atomic E-state index is 13.1. The third-order valence-corrected chi connectivity index (χ3v) is 9.02. The van der Waals surface area contributed by atoms with Gasteiger partial charge in [0.25, 0.3) is 11.5 Å². The highest BCUT2D eigenvalue weighted by Gasteiger charge is 2.37. The number of nitrogens with one attached hydrogen (secondary N) is 2. The lowest BCUT2D eigenvalue weighted by Gasteiger charge is -2.23. The Hall–Kier alpha value is -4.29. The first-order valence-corrected chi connectivity index (χ1v) is 15.0. The van der Waals surface area contributed by atoms with E-state index in [0.717, 1.165) is 38.8 Å². The Labute approximate surface area is 264 Å². The monoisotopic (exact) mass is 631 g/mol. The van der Waals surface area contributed by atoms with Gasteiger partial charge in [-0.05, 0) is 42.2 Å². The average Bonchev–Trinajstić information content (AvgIpc) is 3.66. The van der Waals surface area contributed by atoms with Crippen molar-refractivity contribution in [1.82, 2.24) is 19.4 Å². The standard InChI is InChI=1S/C33H34ClN5O6/c1-17-20(7-6-10-24(17)36-30(41)23-15-38(2)33(43)39(3)32(23)42)21-8-5-9-22(28(21)34)25-13-18-14-26(40)29(27(18)31(37-25)44-4)35-19-11-12-45-16-19/h5-10,13,15,19,26,29,35,40H,11-12,14,16H2,1-4H3,(H,36,41). The Morgan fingerprint density at radius 3 is 2.60 bits per heavy atom. The van der Waals surface area contributed by atoms with Crippen molar-refractivity contribution in [3.63, 3.8) is 0 Å². The molecule has 45 heavy (non-hydrogen) atoms. The van der Waals surface area contributed by atoms with E-state index in [2.05, 4.69) is 10.6 Å². The molecule has 0 saturated carbocycles. The van der Waals surface area contributed by atoms with Gasteiger partial charge in [-0.1, -0.05) is 41.9 Å². The van der Waals surface area contributed by atoms with Crippen molar-refractivity contribution in [2.24, 2.45) is 14.1 Å². The molecule has 1 aliphatic heterocycles. The van der Waals surface area contributed by atoms with Gasteiger partial charge in [0.1, 0.15) is 5.56 Å². The van der Waals surface area contributed by atoms with Crippen molar-refractivity contribution >= 4 is 23.2 Å². The molecule has 234 valence electrons. The first-order chi connectivity index (χ1) is 21.6. The maximum Gasteiger partial charge on any atom is 0.330 e. The molecule has 12 heteroatoms. The number of fused-ring (bicyclic) bond motifs is 1. The van der Waals surface area contributed by atoms with Gasteiger partial charge >= 0.3 is 5.69 Å². The molecule has 1 saturated heterocycles. The van der Waals surface area contributed by atoms with Gasteiger partial charge in [0.2, 0.25) is 5.88 Å². The number of aliphatic hydroxyl groups is 1. The molecule has 1 fully saturated rings. The number of benzene rings is 2. The van der Waals surface area contributed by atoms with Crippen LogP contribution in [0.4, 0.5) is 5.69 Å². The highest BCUT2D eigenvalue weighted by atomic mass is 35.5. The first-order valence-electron chi connectivity index (χ1n) is 14.7. The summed E-state index contributed by atoms with van der Waals surface area (Å²) in [4.78, 5) is 42.7. The molecule has 3 unspecified atom stereocenters. The van der Waals surface area contributed by atoms with E-state index < -0.39 is 23.3 Å². The maximum atomic E-state index is 13.1. The van der Waals surface area contributed by atoms with Crippen molar-refractivity contribution in [3.8, 4) is 28.3 Å². The fraction of sp³-hybridized carbons (Fsp3) is 0.333. The van der Waals surface area contributed by atoms with Crippen molar-refractivity contribution in [2.45, 2.75) is 38.0 Å². The molecule has 0 radical (unpaired) electrons. The van der Waals surface area contributed by atoms with Crippen LogP contribution in [0.15, 0.2) is 58.3 Å². The minimum absolute atomic E-state index is 0.153. The summed E-state index contributed by atoms with van der Waals surface area (Å²) < 4.78 is 13.3. The number of hydrogen-bond donors (Lipinski definition) is 3. The minimum Gasteiger partial charge on any atom is -0.481 e. The normalized spacial score (nSPS) is 19.0. The van der Waals surface area contributed by atoms with E-state index in [1.54, 1.807) is 19.2 Å². The Kier molecular flexibility index (Phi) is 8.36. The highest BCUT2D eigenvalue weighted by molar-refractivity contribution is 6.36. The van der Waals surface area contributed by atoms with E-state index in [1.807, 2.05) is 37.3 Å². The number of methoxy groups -OCH3 is 1. The van der Waals surface area contributed by atoms with E-state index in [9.17, 15) is 19.5 Å². The van der Waals surface area contributed by atoms with Crippen LogP contribution in [0.5, 0.6) is 5.88 Å². The van der Waals surface area contributed by atoms with Crippen molar-refractivity contribution in [1.29, 1.82) is 0 Å². The van der Waals surface area contributed by atoms with Gasteiger partial charge in [-0.2, -0.15) is 0 Å². The predicted molar refractivity (Wildman–Crippen MR) is 171 cm³/mol. The summed E-state index contributed by atoms with van der Waals surface area (Å²) in [6.07, 6.45) is 1.93. The van der Waals surface area contributed by atoms with Crippen LogP contribution in [0.2, 0.25) is 5.02 Å². The lowest BCUT2D eigenvalue weighted by molar-refractivity contribution is 0.102. The van der Waals surface area contributed by atoms with E-state index in [1.165, 1.54) is 24.9 Å². The third kappa shape index (κ3) is 5.57. The molecule has 4 aromatic rings. The van der Waals surface area contributed by atoms with E-state index in [0.29, 0.717) is 47.5 Å². The van der Waals surface area contributed by atoms with E-state index in [4.69, 9.17) is 26.1 Å². The number of aryl methyl sites for hydroxylation is 1. The average molecular weight is 632 g/mol. The number of anilines is 1. The fourth-order valence-electron chi connectivity index (χ4n) is 6.18. The van der Waals surface area contributed by atoms with E-state index >= 15 is 0 Å². The number of amides is 1. The number of aliphatic hydroxyl groups excluding tert-OH is 1. The number of carbonyl (C=O) groups is 1. The number of ether oxygens (including phenoxy) is 2. The minimum atomic E-state index is -0.681. The second kappa shape index (κ2) is 12.2. The Morgan fingerprint density at radius 2 is 1.87 bits per heavy atom. The van der Waals surface area contributed by atoms with Gasteiger partial charge in [0.05, 0.1) is 36.6 Å². The van der Waals surface area contributed by atoms with Gasteiger partial charge in [-0.25, -0.2) is 9.78 Å². The number of halogens is 1. The zero-order chi connectivity index (χ0) is 32.0. The van der Waals surface area contributed by atoms with Crippen LogP contribution in [0.3, 0.4) is 0 Å². The van der Waals surface area contributed by atoms with Crippen LogP contribution in [0, 0.1) is 6.92 Å². The summed E-state index contributed by atoms with van der Waals surface area (Å²) in [5.41, 5.74) is 4.46. The zero-order valence-corrected chi connectivity index (χ0v) is 26.1. The fourth-order valence-corrected chi connectivity index (χ4v) is 6.51. The van der Waals surface area contributed by atoms with Gasteiger partial charge < -0.3 is 29.8 Å². The van der Waals surface area contributed by atoms with Gasteiger partial charge in [-0.3, -0.25) is 14.2 Å². The molecule has 2 aliphatic rings. The molecular weight excluding hydrogens is 598 g/mol. The van der Waals surface area contributed by atoms with Crippen LogP contribution in [-0.4, -0.2) is 57.6 Å². The quantitative estimate of drug-likeness (QED) is 0.282. The number of rotatable bonds is 7. The van der Waals surface area contributed by atoms with Crippen molar-refractivity contribution in [2.75, 3.05) is 25.6 Å². The second-order valence-corrected chi connectivity index (χ2v) is 11.8. The molecular formula is C33H34ClN5O6. The molecule has 3 heterocycles. The molecule has 2 aromatic carbocycles. The molecule has 2 aromatic heterocycles. The molecule has 0 bridgehead atoms. The zero-order valence-electron chi connectivity index (χ0n) is 25.4. The highest BCUT2D eigenvalue weighted by Crippen LogP contribution is 2.43. The van der Waals surface area contributed by atoms with Crippen LogP contribution >= 0.6 is 11.6 Å². The van der Waals surface area contributed by atoms with Crippen LogP contribution in [-0.2, 0) is 25.3 Å².